The fraction of sp³-hybridized carbons (Fsp3) is 0.222. The second-order valence-corrected chi connectivity index (χ2v) is 4.33. The summed E-state index contributed by atoms with van der Waals surface area (Å²) in [6, 6.07) is 1.73. The highest BCUT2D eigenvalue weighted by Gasteiger charge is 2.17. The number of aromatic nitrogens is 2. The summed E-state index contributed by atoms with van der Waals surface area (Å²) in [5.41, 5.74) is 0.732. The zero-order chi connectivity index (χ0) is 12.3. The first kappa shape index (κ1) is 11.9. The molecule has 0 unspecified atom stereocenters. The highest BCUT2D eigenvalue weighted by molar-refractivity contribution is 7.18. The number of rotatable bonds is 4. The monoisotopic (exact) mass is 273 g/mol. The Morgan fingerprint density at radius 1 is 1.71 bits per heavy atom. The Balaban J connectivity index is 2.05. The lowest BCUT2D eigenvalue weighted by atomic mass is 10.4. The maximum atomic E-state index is 11.3. The van der Waals surface area contributed by atoms with Gasteiger partial charge in [0.05, 0.1) is 13.7 Å². The van der Waals surface area contributed by atoms with Gasteiger partial charge in [-0.15, -0.1) is 0 Å². The summed E-state index contributed by atoms with van der Waals surface area (Å²) in [6.07, 6.45) is 1.48. The number of anilines is 1. The molecule has 0 saturated heterocycles. The van der Waals surface area contributed by atoms with Crippen molar-refractivity contribution in [2.75, 3.05) is 12.4 Å². The smallest absolute Gasteiger partial charge is 0.351 e. The van der Waals surface area contributed by atoms with Gasteiger partial charge in [0.1, 0.15) is 12.0 Å². The standard InChI is InChI=1S/C9H8ClN3O3S/c1-15-8(14)6-7(10)12-9(17-6)11-4-5-2-3-16-13-5/h2-3H,4H2,1H3,(H,11,12). The predicted octanol–water partition coefficient (Wildman–Crippen LogP) is 2.18. The van der Waals surface area contributed by atoms with Crippen molar-refractivity contribution in [3.05, 3.63) is 28.1 Å². The van der Waals surface area contributed by atoms with E-state index in [1.165, 1.54) is 13.4 Å². The van der Waals surface area contributed by atoms with E-state index in [1.54, 1.807) is 6.07 Å². The molecule has 0 aliphatic carbocycles. The molecule has 0 atom stereocenters. The van der Waals surface area contributed by atoms with Crippen LogP contribution >= 0.6 is 22.9 Å². The summed E-state index contributed by atoms with van der Waals surface area (Å²) in [4.78, 5) is 15.6. The molecular weight excluding hydrogens is 266 g/mol. The first-order chi connectivity index (χ1) is 8.20. The third kappa shape index (κ3) is 2.75. The summed E-state index contributed by atoms with van der Waals surface area (Å²) in [7, 11) is 1.29. The number of ether oxygens (including phenoxy) is 1. The average molecular weight is 274 g/mol. The van der Waals surface area contributed by atoms with E-state index in [0.29, 0.717) is 11.7 Å². The van der Waals surface area contributed by atoms with Crippen molar-refractivity contribution in [3.8, 4) is 0 Å². The van der Waals surface area contributed by atoms with Gasteiger partial charge in [0, 0.05) is 6.07 Å². The molecule has 2 rings (SSSR count). The number of carbonyl (C=O) groups excluding carboxylic acids is 1. The van der Waals surface area contributed by atoms with E-state index in [2.05, 4.69) is 24.7 Å². The number of methoxy groups -OCH3 is 1. The van der Waals surface area contributed by atoms with Crippen molar-refractivity contribution >= 4 is 34.0 Å². The van der Waals surface area contributed by atoms with Gasteiger partial charge in [0.2, 0.25) is 0 Å². The summed E-state index contributed by atoms with van der Waals surface area (Å²) >= 11 is 6.93. The van der Waals surface area contributed by atoms with Gasteiger partial charge in [-0.1, -0.05) is 28.1 Å². The molecule has 0 spiro atoms. The predicted molar refractivity (Wildman–Crippen MR) is 62.3 cm³/mol. The number of carbonyl (C=O) groups is 1. The Morgan fingerprint density at radius 3 is 3.18 bits per heavy atom. The van der Waals surface area contributed by atoms with E-state index in [1.807, 2.05) is 0 Å². The van der Waals surface area contributed by atoms with Crippen LogP contribution in [0.25, 0.3) is 0 Å². The molecule has 0 bridgehead atoms. The topological polar surface area (TPSA) is 77.2 Å². The lowest BCUT2D eigenvalue weighted by Crippen LogP contribution is -1.98. The molecule has 1 N–H and O–H groups in total. The van der Waals surface area contributed by atoms with E-state index in [9.17, 15) is 4.79 Å². The van der Waals surface area contributed by atoms with Crippen LogP contribution in [0, 0.1) is 0 Å². The average Bonchev–Trinajstić information content (AvgIpc) is 2.94. The molecular formula is C9H8ClN3O3S. The molecule has 6 nitrogen and oxygen atoms in total. The van der Waals surface area contributed by atoms with Gasteiger partial charge >= 0.3 is 5.97 Å². The van der Waals surface area contributed by atoms with Gasteiger partial charge in [0.25, 0.3) is 0 Å². The highest BCUT2D eigenvalue weighted by Crippen LogP contribution is 2.27. The minimum absolute atomic E-state index is 0.129. The van der Waals surface area contributed by atoms with Crippen molar-refractivity contribution in [2.45, 2.75) is 6.54 Å². The summed E-state index contributed by atoms with van der Waals surface area (Å²) in [6.45, 7) is 0.445. The van der Waals surface area contributed by atoms with Crippen LogP contribution in [0.3, 0.4) is 0 Å². The van der Waals surface area contributed by atoms with Crippen LogP contribution in [0.15, 0.2) is 16.9 Å². The Morgan fingerprint density at radius 2 is 2.53 bits per heavy atom. The Hall–Kier alpha value is -1.60. The van der Waals surface area contributed by atoms with Crippen LogP contribution < -0.4 is 5.32 Å². The molecule has 0 aromatic carbocycles. The third-order valence-corrected chi connectivity index (χ3v) is 3.25. The molecule has 0 radical (unpaired) electrons. The zero-order valence-corrected chi connectivity index (χ0v) is 10.3. The van der Waals surface area contributed by atoms with Crippen LogP contribution in [0.1, 0.15) is 15.4 Å². The van der Waals surface area contributed by atoms with Crippen molar-refractivity contribution < 1.29 is 14.1 Å². The zero-order valence-electron chi connectivity index (χ0n) is 8.77. The van der Waals surface area contributed by atoms with Crippen molar-refractivity contribution in [1.82, 2.24) is 10.1 Å². The Labute approximate surface area is 106 Å². The number of hydrogen-bond donors (Lipinski definition) is 1. The molecule has 17 heavy (non-hydrogen) atoms. The first-order valence-electron chi connectivity index (χ1n) is 4.58. The minimum atomic E-state index is -0.498. The van der Waals surface area contributed by atoms with E-state index >= 15 is 0 Å². The van der Waals surface area contributed by atoms with Gasteiger partial charge in [-0.2, -0.15) is 0 Å². The number of esters is 1. The van der Waals surface area contributed by atoms with Gasteiger partial charge in [-0.05, 0) is 0 Å². The quantitative estimate of drug-likeness (QED) is 0.861. The van der Waals surface area contributed by atoms with Gasteiger partial charge in [-0.3, -0.25) is 0 Å². The van der Waals surface area contributed by atoms with E-state index in [0.717, 1.165) is 17.0 Å². The van der Waals surface area contributed by atoms with Gasteiger partial charge in [-0.25, -0.2) is 9.78 Å². The first-order valence-corrected chi connectivity index (χ1v) is 5.78. The SMILES string of the molecule is COC(=O)c1sc(NCc2ccon2)nc1Cl. The second kappa shape index (κ2) is 5.15. The van der Waals surface area contributed by atoms with Crippen LogP contribution in [-0.4, -0.2) is 23.2 Å². The van der Waals surface area contributed by atoms with E-state index in [4.69, 9.17) is 11.6 Å². The molecule has 0 aliphatic heterocycles. The summed E-state index contributed by atoms with van der Waals surface area (Å²) in [5, 5.41) is 7.36. The van der Waals surface area contributed by atoms with Crippen molar-refractivity contribution in [1.29, 1.82) is 0 Å². The van der Waals surface area contributed by atoms with Gasteiger partial charge in [0.15, 0.2) is 15.2 Å². The van der Waals surface area contributed by atoms with Crippen LogP contribution in [0.4, 0.5) is 5.13 Å². The fourth-order valence-corrected chi connectivity index (χ4v) is 2.19. The molecule has 0 fully saturated rings. The second-order valence-electron chi connectivity index (χ2n) is 2.97. The molecule has 8 heteroatoms. The number of hydrogen-bond acceptors (Lipinski definition) is 7. The van der Waals surface area contributed by atoms with Crippen LogP contribution in [0.5, 0.6) is 0 Å². The number of halogens is 1. The van der Waals surface area contributed by atoms with E-state index < -0.39 is 5.97 Å². The Kier molecular flexibility index (Phi) is 3.60. The Bertz CT molecular complexity index is 512. The largest absolute Gasteiger partial charge is 0.465 e. The molecule has 2 aromatic heterocycles. The lowest BCUT2D eigenvalue weighted by molar-refractivity contribution is 0.0606. The van der Waals surface area contributed by atoms with Crippen LogP contribution in [0.2, 0.25) is 5.15 Å². The fourth-order valence-electron chi connectivity index (χ4n) is 1.09. The molecule has 0 amide bonds. The maximum Gasteiger partial charge on any atom is 0.351 e. The molecule has 0 saturated carbocycles. The number of nitrogens with one attached hydrogen (secondary N) is 1. The normalized spacial score (nSPS) is 10.2. The molecule has 90 valence electrons. The lowest BCUT2D eigenvalue weighted by Gasteiger charge is -1.96. The highest BCUT2D eigenvalue weighted by atomic mass is 35.5. The molecule has 2 heterocycles. The number of thiazole rings is 1. The minimum Gasteiger partial charge on any atom is -0.465 e. The third-order valence-electron chi connectivity index (χ3n) is 1.87. The van der Waals surface area contributed by atoms with E-state index in [-0.39, 0.29) is 10.0 Å². The summed E-state index contributed by atoms with van der Waals surface area (Å²) in [5.74, 6) is -0.498. The molecule has 0 aliphatic rings. The number of nitrogens with zero attached hydrogens (tertiary/aromatic N) is 2. The molecule has 2 aromatic rings. The summed E-state index contributed by atoms with van der Waals surface area (Å²) < 4.78 is 9.25. The van der Waals surface area contributed by atoms with Gasteiger partial charge < -0.3 is 14.6 Å². The van der Waals surface area contributed by atoms with Crippen LogP contribution in [-0.2, 0) is 11.3 Å². The maximum absolute atomic E-state index is 11.3. The van der Waals surface area contributed by atoms with Crippen molar-refractivity contribution in [2.24, 2.45) is 0 Å². The van der Waals surface area contributed by atoms with Crippen molar-refractivity contribution in [3.63, 3.8) is 0 Å².